The third-order valence-electron chi connectivity index (χ3n) is 5.14. The largest absolute Gasteiger partial charge is 0.327 e. The lowest BCUT2D eigenvalue weighted by Gasteiger charge is -2.31. The molecule has 2 heterocycles. The molecule has 28 heavy (non-hydrogen) atoms. The van der Waals surface area contributed by atoms with Crippen LogP contribution in [0.25, 0.3) is 0 Å². The Bertz CT molecular complexity index is 1010. The predicted molar refractivity (Wildman–Crippen MR) is 103 cm³/mol. The molecule has 0 aliphatic carbocycles. The van der Waals surface area contributed by atoms with Gasteiger partial charge >= 0.3 is 6.03 Å². The van der Waals surface area contributed by atoms with Gasteiger partial charge in [0.15, 0.2) is 0 Å². The molecular weight excluding hydrogens is 360 g/mol. The number of nitro benzene ring substituents is 1. The number of nitro groups is 1. The quantitative estimate of drug-likeness (QED) is 0.656. The predicted octanol–water partition coefficient (Wildman–Crippen LogP) is 2.90. The van der Waals surface area contributed by atoms with Gasteiger partial charge in [-0.1, -0.05) is 29.8 Å². The van der Waals surface area contributed by atoms with Crippen LogP contribution in [0.5, 0.6) is 0 Å². The fraction of sp³-hybridized carbons (Fsp3) is 0.200. The number of benzene rings is 2. The fourth-order valence-corrected chi connectivity index (χ4v) is 3.54. The van der Waals surface area contributed by atoms with Crippen molar-refractivity contribution >= 4 is 23.3 Å². The van der Waals surface area contributed by atoms with E-state index in [9.17, 15) is 19.7 Å². The summed E-state index contributed by atoms with van der Waals surface area (Å²) < 4.78 is 0. The highest BCUT2D eigenvalue weighted by atomic mass is 16.6. The van der Waals surface area contributed by atoms with E-state index >= 15 is 0 Å². The molecule has 4 rings (SSSR count). The highest BCUT2D eigenvalue weighted by Crippen LogP contribution is 2.37. The molecule has 142 valence electrons. The van der Waals surface area contributed by atoms with Crippen LogP contribution in [0.15, 0.2) is 59.8 Å². The van der Waals surface area contributed by atoms with Crippen molar-refractivity contribution < 1.29 is 14.5 Å². The van der Waals surface area contributed by atoms with Crippen molar-refractivity contribution in [1.82, 2.24) is 10.2 Å². The number of nitrogens with zero attached hydrogens (tertiary/aromatic N) is 3. The van der Waals surface area contributed by atoms with Crippen LogP contribution in [0.1, 0.15) is 17.2 Å². The van der Waals surface area contributed by atoms with E-state index in [0.717, 1.165) is 11.1 Å². The minimum atomic E-state index is -0.533. The minimum absolute atomic E-state index is 0.0420. The van der Waals surface area contributed by atoms with Crippen molar-refractivity contribution in [3.8, 4) is 0 Å². The van der Waals surface area contributed by atoms with E-state index in [1.807, 2.05) is 31.2 Å². The molecular formula is C20H18N4O4. The number of aryl methyl sites for hydroxylation is 1. The molecule has 0 saturated heterocycles. The van der Waals surface area contributed by atoms with Gasteiger partial charge in [0.25, 0.3) is 11.6 Å². The second-order valence-corrected chi connectivity index (χ2v) is 6.88. The van der Waals surface area contributed by atoms with Gasteiger partial charge in [-0.2, -0.15) is 0 Å². The van der Waals surface area contributed by atoms with E-state index in [0.29, 0.717) is 17.0 Å². The molecule has 2 aromatic carbocycles. The number of likely N-dealkylation sites (N-methyl/N-ethyl adjacent to an activating group) is 1. The number of carbonyl (C=O) groups is 2. The van der Waals surface area contributed by atoms with Crippen LogP contribution in [0.4, 0.5) is 16.2 Å². The number of non-ortho nitro benzene ring substituents is 1. The lowest BCUT2D eigenvalue weighted by atomic mass is 9.95. The summed E-state index contributed by atoms with van der Waals surface area (Å²) in [6.45, 7) is 2.21. The van der Waals surface area contributed by atoms with Crippen LogP contribution in [-0.2, 0) is 4.79 Å². The van der Waals surface area contributed by atoms with Crippen molar-refractivity contribution in [1.29, 1.82) is 0 Å². The zero-order valence-corrected chi connectivity index (χ0v) is 15.4. The monoisotopic (exact) mass is 378 g/mol. The summed E-state index contributed by atoms with van der Waals surface area (Å²) >= 11 is 0. The van der Waals surface area contributed by atoms with Gasteiger partial charge in [-0.15, -0.1) is 0 Å². The number of anilines is 1. The van der Waals surface area contributed by atoms with Crippen LogP contribution >= 0.6 is 0 Å². The molecule has 0 spiro atoms. The topological polar surface area (TPSA) is 95.8 Å². The molecule has 0 unspecified atom stereocenters. The highest BCUT2D eigenvalue weighted by Gasteiger charge is 2.43. The smallest absolute Gasteiger partial charge is 0.322 e. The second-order valence-electron chi connectivity index (χ2n) is 6.88. The van der Waals surface area contributed by atoms with Gasteiger partial charge < -0.3 is 10.2 Å². The van der Waals surface area contributed by atoms with Gasteiger partial charge in [-0.3, -0.25) is 19.8 Å². The standard InChI is InChI=1S/C20H18N4O4/c1-12-3-5-13(6-4-12)18-17-16(22(2)20(26)21-18)11-23(19(17)25)14-7-9-15(10-8-14)24(27)28/h3-10,18H,11H2,1-2H3,(H,21,26)/t18-/m0/s1. The summed E-state index contributed by atoms with van der Waals surface area (Å²) in [6, 6.07) is 12.7. The Morgan fingerprint density at radius 2 is 1.71 bits per heavy atom. The van der Waals surface area contributed by atoms with Gasteiger partial charge in [0.05, 0.1) is 28.8 Å². The highest BCUT2D eigenvalue weighted by molar-refractivity contribution is 6.11. The summed E-state index contributed by atoms with van der Waals surface area (Å²) in [4.78, 5) is 39.0. The molecule has 1 atom stereocenters. The molecule has 2 aromatic rings. The summed E-state index contributed by atoms with van der Waals surface area (Å²) in [5.41, 5.74) is 3.58. The van der Waals surface area contributed by atoms with E-state index in [4.69, 9.17) is 0 Å². The van der Waals surface area contributed by atoms with E-state index in [-0.39, 0.29) is 24.2 Å². The molecule has 8 nitrogen and oxygen atoms in total. The number of nitrogens with one attached hydrogen (secondary N) is 1. The number of amides is 3. The maximum Gasteiger partial charge on any atom is 0.322 e. The van der Waals surface area contributed by atoms with Crippen LogP contribution < -0.4 is 10.2 Å². The molecule has 0 saturated carbocycles. The first-order valence-electron chi connectivity index (χ1n) is 8.77. The Kier molecular flexibility index (Phi) is 4.11. The van der Waals surface area contributed by atoms with Crippen molar-refractivity contribution in [3.05, 3.63) is 81.0 Å². The average molecular weight is 378 g/mol. The van der Waals surface area contributed by atoms with Crippen molar-refractivity contribution in [2.75, 3.05) is 18.5 Å². The SMILES string of the molecule is Cc1ccc([C@@H]2NC(=O)N(C)C3=C2C(=O)N(c2ccc([N+](=O)[O-])cc2)C3)cc1. The zero-order valence-electron chi connectivity index (χ0n) is 15.4. The lowest BCUT2D eigenvalue weighted by Crippen LogP contribution is -2.45. The van der Waals surface area contributed by atoms with E-state index in [1.54, 1.807) is 19.2 Å². The molecule has 0 radical (unpaired) electrons. The van der Waals surface area contributed by atoms with Crippen LogP contribution in [0.3, 0.4) is 0 Å². The molecule has 0 aromatic heterocycles. The lowest BCUT2D eigenvalue weighted by molar-refractivity contribution is -0.384. The fourth-order valence-electron chi connectivity index (χ4n) is 3.54. The van der Waals surface area contributed by atoms with Crippen LogP contribution in [-0.4, -0.2) is 35.4 Å². The number of hydrogen-bond acceptors (Lipinski definition) is 4. The van der Waals surface area contributed by atoms with Crippen molar-refractivity contribution in [3.63, 3.8) is 0 Å². The van der Waals surface area contributed by atoms with Gasteiger partial charge in [-0.25, -0.2) is 4.79 Å². The Balaban J connectivity index is 1.71. The Morgan fingerprint density at radius 1 is 1.07 bits per heavy atom. The van der Waals surface area contributed by atoms with Crippen molar-refractivity contribution in [2.45, 2.75) is 13.0 Å². The number of hydrogen-bond donors (Lipinski definition) is 1. The first-order valence-corrected chi connectivity index (χ1v) is 8.77. The average Bonchev–Trinajstić information content (AvgIpc) is 3.03. The molecule has 8 heteroatoms. The van der Waals surface area contributed by atoms with E-state index in [2.05, 4.69) is 5.32 Å². The third kappa shape index (κ3) is 2.79. The number of carbonyl (C=O) groups excluding carboxylic acids is 2. The first-order chi connectivity index (χ1) is 13.4. The van der Waals surface area contributed by atoms with Gasteiger partial charge in [0, 0.05) is 24.9 Å². The Morgan fingerprint density at radius 3 is 2.32 bits per heavy atom. The molecule has 3 amide bonds. The first kappa shape index (κ1) is 17.7. The normalized spacial score (nSPS) is 19.0. The summed E-state index contributed by atoms with van der Waals surface area (Å²) in [7, 11) is 1.63. The van der Waals surface area contributed by atoms with Gasteiger partial charge in [0.2, 0.25) is 0 Å². The summed E-state index contributed by atoms with van der Waals surface area (Å²) in [5, 5.41) is 13.8. The van der Waals surface area contributed by atoms with Crippen LogP contribution in [0, 0.1) is 17.0 Å². The van der Waals surface area contributed by atoms with E-state index < -0.39 is 11.0 Å². The second kappa shape index (κ2) is 6.49. The third-order valence-corrected chi connectivity index (χ3v) is 5.14. The Labute approximate surface area is 161 Å². The number of urea groups is 1. The molecule has 2 aliphatic rings. The molecule has 0 bridgehead atoms. The molecule has 1 N–H and O–H groups in total. The zero-order chi connectivity index (χ0) is 20.0. The number of rotatable bonds is 3. The molecule has 2 aliphatic heterocycles. The van der Waals surface area contributed by atoms with Gasteiger partial charge in [0.1, 0.15) is 0 Å². The van der Waals surface area contributed by atoms with Crippen LogP contribution in [0.2, 0.25) is 0 Å². The summed E-state index contributed by atoms with van der Waals surface area (Å²) in [6.07, 6.45) is 0. The van der Waals surface area contributed by atoms with Gasteiger partial charge in [-0.05, 0) is 24.6 Å². The maximum absolute atomic E-state index is 13.2. The Hall–Kier alpha value is -3.68. The van der Waals surface area contributed by atoms with E-state index in [1.165, 1.54) is 21.9 Å². The molecule has 0 fully saturated rings. The maximum atomic E-state index is 13.2. The minimum Gasteiger partial charge on any atom is -0.327 e. The van der Waals surface area contributed by atoms with Crippen molar-refractivity contribution in [2.24, 2.45) is 0 Å². The summed E-state index contributed by atoms with van der Waals surface area (Å²) in [5.74, 6) is -0.221.